The molecule has 8 heteroatoms. The third-order valence-corrected chi connectivity index (χ3v) is 3.79. The van der Waals surface area contributed by atoms with Crippen LogP contribution in [0.25, 0.3) is 0 Å². The Hall–Kier alpha value is -1.57. The zero-order valence-corrected chi connectivity index (χ0v) is 11.1. The minimum absolute atomic E-state index is 0.145. The fourth-order valence-electron chi connectivity index (χ4n) is 2.23. The Bertz CT molecular complexity index is 602. The standard InChI is InChI=1S/C12H12F3NO3S/c13-12(14,15)10-3-7(9-4-11(17)16-5-9)1-2-8(10)6-20(18)19/h1-3,9,20H,4-6H2,(H,16,17). The normalized spacial score (nSPS) is 19.4. The first-order valence-corrected chi connectivity index (χ1v) is 7.22. The van der Waals surface area contributed by atoms with Crippen molar-refractivity contribution in [2.24, 2.45) is 0 Å². The van der Waals surface area contributed by atoms with E-state index >= 15 is 0 Å². The fraction of sp³-hybridized carbons (Fsp3) is 0.417. The Balaban J connectivity index is 2.40. The van der Waals surface area contributed by atoms with Crippen LogP contribution in [0, 0.1) is 0 Å². The molecule has 2 rings (SSSR count). The summed E-state index contributed by atoms with van der Waals surface area (Å²) in [7, 11) is -2.93. The van der Waals surface area contributed by atoms with Gasteiger partial charge in [0, 0.05) is 18.9 Å². The summed E-state index contributed by atoms with van der Waals surface area (Å²) in [6.45, 7) is 0.297. The number of carbonyl (C=O) groups excluding carboxylic acids is 1. The van der Waals surface area contributed by atoms with Crippen molar-refractivity contribution in [1.29, 1.82) is 0 Å². The molecule has 0 saturated carbocycles. The topological polar surface area (TPSA) is 63.2 Å². The van der Waals surface area contributed by atoms with Gasteiger partial charge in [-0.3, -0.25) is 4.79 Å². The summed E-state index contributed by atoms with van der Waals surface area (Å²) in [4.78, 5) is 11.1. The van der Waals surface area contributed by atoms with Crippen LogP contribution >= 0.6 is 0 Å². The van der Waals surface area contributed by atoms with Crippen LogP contribution in [0.15, 0.2) is 18.2 Å². The lowest BCUT2D eigenvalue weighted by molar-refractivity contribution is -0.138. The SMILES string of the molecule is O=C1CC(c2ccc(C[SH](=O)=O)c(C(F)(F)F)c2)CN1. The second kappa shape index (κ2) is 5.43. The van der Waals surface area contributed by atoms with Crippen LogP contribution in [0.2, 0.25) is 0 Å². The zero-order valence-electron chi connectivity index (χ0n) is 10.2. The van der Waals surface area contributed by atoms with Crippen LogP contribution in [-0.2, 0) is 27.4 Å². The van der Waals surface area contributed by atoms with Gasteiger partial charge in [0.1, 0.15) is 10.7 Å². The Morgan fingerprint density at radius 2 is 2.00 bits per heavy atom. The van der Waals surface area contributed by atoms with E-state index in [4.69, 9.17) is 0 Å². The van der Waals surface area contributed by atoms with Gasteiger partial charge < -0.3 is 5.32 Å². The van der Waals surface area contributed by atoms with Crippen LogP contribution in [0.5, 0.6) is 0 Å². The van der Waals surface area contributed by atoms with Gasteiger partial charge in [-0.05, 0) is 17.2 Å². The van der Waals surface area contributed by atoms with Gasteiger partial charge in [0.25, 0.3) is 0 Å². The summed E-state index contributed by atoms with van der Waals surface area (Å²) in [5.74, 6) is -1.15. The predicted octanol–water partition coefficient (Wildman–Crippen LogP) is 1.42. The van der Waals surface area contributed by atoms with E-state index < -0.39 is 28.2 Å². The van der Waals surface area contributed by atoms with Crippen LogP contribution in [0.4, 0.5) is 13.2 Å². The molecule has 1 fully saturated rings. The number of benzene rings is 1. The highest BCUT2D eigenvalue weighted by atomic mass is 32.2. The molecule has 0 aliphatic carbocycles. The molecular weight excluding hydrogens is 295 g/mol. The van der Waals surface area contributed by atoms with Crippen molar-refractivity contribution in [3.8, 4) is 0 Å². The van der Waals surface area contributed by atoms with E-state index in [2.05, 4.69) is 5.32 Å². The molecule has 1 unspecified atom stereocenters. The van der Waals surface area contributed by atoms with Gasteiger partial charge in [-0.2, -0.15) is 13.2 Å². The number of rotatable bonds is 3. The molecule has 20 heavy (non-hydrogen) atoms. The first kappa shape index (κ1) is 14.8. The lowest BCUT2D eigenvalue weighted by Crippen LogP contribution is -2.14. The van der Waals surface area contributed by atoms with Crippen molar-refractivity contribution in [1.82, 2.24) is 5.32 Å². The van der Waals surface area contributed by atoms with Crippen molar-refractivity contribution in [3.63, 3.8) is 0 Å². The molecule has 110 valence electrons. The first-order valence-electron chi connectivity index (χ1n) is 5.86. The Kier molecular flexibility index (Phi) is 4.03. The number of amides is 1. The van der Waals surface area contributed by atoms with E-state index in [0.717, 1.165) is 6.07 Å². The van der Waals surface area contributed by atoms with Crippen molar-refractivity contribution >= 4 is 16.6 Å². The van der Waals surface area contributed by atoms with E-state index in [9.17, 15) is 26.4 Å². The maximum absolute atomic E-state index is 13.0. The lowest BCUT2D eigenvalue weighted by atomic mass is 9.94. The van der Waals surface area contributed by atoms with E-state index in [-0.39, 0.29) is 23.8 Å². The largest absolute Gasteiger partial charge is 0.416 e. The van der Waals surface area contributed by atoms with Crippen LogP contribution in [0.3, 0.4) is 0 Å². The average Bonchev–Trinajstić information content (AvgIpc) is 2.74. The Morgan fingerprint density at radius 1 is 1.30 bits per heavy atom. The number of hydrogen-bond acceptors (Lipinski definition) is 3. The molecule has 1 N–H and O–H groups in total. The minimum Gasteiger partial charge on any atom is -0.355 e. The number of halogens is 3. The molecule has 0 spiro atoms. The quantitative estimate of drug-likeness (QED) is 0.830. The third-order valence-electron chi connectivity index (χ3n) is 3.19. The molecule has 1 aliphatic heterocycles. The number of alkyl halides is 3. The van der Waals surface area contributed by atoms with Crippen molar-refractivity contribution in [2.75, 3.05) is 6.54 Å². The van der Waals surface area contributed by atoms with Gasteiger partial charge in [-0.15, -0.1) is 0 Å². The van der Waals surface area contributed by atoms with E-state index in [1.165, 1.54) is 12.1 Å². The number of nitrogens with one attached hydrogen (secondary N) is 1. The highest BCUT2D eigenvalue weighted by Gasteiger charge is 2.35. The van der Waals surface area contributed by atoms with Crippen molar-refractivity contribution < 1.29 is 26.4 Å². The highest BCUT2D eigenvalue weighted by Crippen LogP contribution is 2.35. The average molecular weight is 307 g/mol. The van der Waals surface area contributed by atoms with Gasteiger partial charge in [0.15, 0.2) is 0 Å². The van der Waals surface area contributed by atoms with E-state index in [1.807, 2.05) is 0 Å². The van der Waals surface area contributed by atoms with E-state index in [1.54, 1.807) is 0 Å². The van der Waals surface area contributed by atoms with Gasteiger partial charge in [-0.25, -0.2) is 8.42 Å². The fourth-order valence-corrected chi connectivity index (χ4v) is 2.78. The molecule has 1 aliphatic rings. The van der Waals surface area contributed by atoms with Gasteiger partial charge in [-0.1, -0.05) is 12.1 Å². The monoisotopic (exact) mass is 307 g/mol. The first-order chi connectivity index (χ1) is 9.27. The zero-order chi connectivity index (χ0) is 14.9. The summed E-state index contributed by atoms with van der Waals surface area (Å²) in [5, 5.41) is 2.56. The molecular formula is C12H12F3NO3S. The summed E-state index contributed by atoms with van der Waals surface area (Å²) in [6.07, 6.45) is -4.47. The van der Waals surface area contributed by atoms with Gasteiger partial charge in [0.05, 0.1) is 11.3 Å². The molecule has 4 nitrogen and oxygen atoms in total. The Labute approximate surface area is 114 Å². The van der Waals surface area contributed by atoms with Crippen LogP contribution < -0.4 is 5.32 Å². The number of hydrogen-bond donors (Lipinski definition) is 2. The summed E-state index contributed by atoms with van der Waals surface area (Å²) >= 11 is 0. The molecule has 1 atom stereocenters. The number of carbonyl (C=O) groups is 1. The predicted molar refractivity (Wildman–Crippen MR) is 65.8 cm³/mol. The third kappa shape index (κ3) is 3.30. The lowest BCUT2D eigenvalue weighted by Gasteiger charge is -2.15. The van der Waals surface area contributed by atoms with Crippen LogP contribution in [-0.4, -0.2) is 20.9 Å². The maximum Gasteiger partial charge on any atom is 0.416 e. The smallest absolute Gasteiger partial charge is 0.355 e. The highest BCUT2D eigenvalue weighted by molar-refractivity contribution is 7.71. The van der Waals surface area contributed by atoms with Gasteiger partial charge >= 0.3 is 6.18 Å². The van der Waals surface area contributed by atoms with E-state index in [0.29, 0.717) is 12.1 Å². The summed E-state index contributed by atoms with van der Waals surface area (Å²) in [6, 6.07) is 3.57. The minimum atomic E-state index is -4.62. The molecule has 1 saturated heterocycles. The second-order valence-corrected chi connectivity index (χ2v) is 5.59. The number of thiol groups is 1. The molecule has 0 radical (unpaired) electrons. The summed E-state index contributed by atoms with van der Waals surface area (Å²) < 4.78 is 60.2. The maximum atomic E-state index is 13.0. The molecule has 0 aromatic heterocycles. The van der Waals surface area contributed by atoms with Crippen molar-refractivity contribution in [2.45, 2.75) is 24.3 Å². The van der Waals surface area contributed by atoms with Crippen LogP contribution in [0.1, 0.15) is 29.0 Å². The Morgan fingerprint density at radius 3 is 2.50 bits per heavy atom. The molecule has 1 aromatic rings. The molecule has 1 aromatic carbocycles. The molecule has 1 amide bonds. The summed E-state index contributed by atoms with van der Waals surface area (Å²) in [5.41, 5.74) is -0.830. The van der Waals surface area contributed by atoms with Gasteiger partial charge in [0.2, 0.25) is 5.91 Å². The molecule has 0 bridgehead atoms. The second-order valence-electron chi connectivity index (χ2n) is 4.61. The van der Waals surface area contributed by atoms with Crippen molar-refractivity contribution in [3.05, 3.63) is 34.9 Å². The molecule has 1 heterocycles.